The Kier molecular flexibility index (Phi) is 11.2. The van der Waals surface area contributed by atoms with E-state index in [-0.39, 0.29) is 12.5 Å². The van der Waals surface area contributed by atoms with E-state index in [0.29, 0.717) is 6.42 Å². The van der Waals surface area contributed by atoms with Crippen LogP contribution in [0.2, 0.25) is 0 Å². The maximum Gasteiger partial charge on any atom is 0.217 e. The molecule has 0 radical (unpaired) electrons. The second-order valence-corrected chi connectivity index (χ2v) is 6.93. The summed E-state index contributed by atoms with van der Waals surface area (Å²) < 4.78 is 0. The molecule has 4 nitrogen and oxygen atoms in total. The van der Waals surface area contributed by atoms with Crippen molar-refractivity contribution in [3.8, 4) is 0 Å². The molecule has 0 aliphatic rings. The van der Waals surface area contributed by atoms with Crippen LogP contribution in [0.4, 0.5) is 0 Å². The molecule has 2 unspecified atom stereocenters. The fraction of sp³-hybridized carbons (Fsp3) is 0.667. The standard InChI is InChI=1S/C21H35NO3/c1-3-4-5-6-7-8-9-18-10-12-19(13-11-18)14-15-21(25)20(16-23)22-17(2)24/h10-13,20-21,23,25H,3-9,14-16H2,1-2H3,(H,22,24). The summed E-state index contributed by atoms with van der Waals surface area (Å²) in [6.07, 6.45) is 9.52. The summed E-state index contributed by atoms with van der Waals surface area (Å²) in [5.74, 6) is -0.239. The Bertz CT molecular complexity index is 473. The Morgan fingerprint density at radius 3 is 2.12 bits per heavy atom. The van der Waals surface area contributed by atoms with Gasteiger partial charge in [-0.15, -0.1) is 0 Å². The smallest absolute Gasteiger partial charge is 0.217 e. The molecule has 0 bridgehead atoms. The molecule has 3 N–H and O–H groups in total. The average Bonchev–Trinajstić information content (AvgIpc) is 2.61. The van der Waals surface area contributed by atoms with E-state index < -0.39 is 12.1 Å². The van der Waals surface area contributed by atoms with Crippen molar-refractivity contribution in [2.45, 2.75) is 83.8 Å². The largest absolute Gasteiger partial charge is 0.394 e. The number of carbonyl (C=O) groups is 1. The molecular formula is C21H35NO3. The van der Waals surface area contributed by atoms with Crippen LogP contribution in [0.25, 0.3) is 0 Å². The number of unbranched alkanes of at least 4 members (excludes halogenated alkanes) is 5. The number of aryl methyl sites for hydroxylation is 2. The van der Waals surface area contributed by atoms with Crippen molar-refractivity contribution in [1.82, 2.24) is 5.32 Å². The van der Waals surface area contributed by atoms with Crippen molar-refractivity contribution in [2.75, 3.05) is 6.61 Å². The quantitative estimate of drug-likeness (QED) is 0.478. The van der Waals surface area contributed by atoms with E-state index in [1.807, 2.05) is 0 Å². The molecule has 0 heterocycles. The maximum atomic E-state index is 11.1. The monoisotopic (exact) mass is 349 g/mol. The number of amides is 1. The first kappa shape index (κ1) is 21.7. The van der Waals surface area contributed by atoms with Gasteiger partial charge < -0.3 is 15.5 Å². The number of carbonyl (C=O) groups excluding carboxylic acids is 1. The molecular weight excluding hydrogens is 314 g/mol. The predicted octanol–water partition coefficient (Wildman–Crippen LogP) is 3.38. The highest BCUT2D eigenvalue weighted by Crippen LogP contribution is 2.13. The highest BCUT2D eigenvalue weighted by Gasteiger charge is 2.18. The van der Waals surface area contributed by atoms with Crippen LogP contribution < -0.4 is 5.32 Å². The predicted molar refractivity (Wildman–Crippen MR) is 103 cm³/mol. The minimum Gasteiger partial charge on any atom is -0.394 e. The number of hydrogen-bond donors (Lipinski definition) is 3. The summed E-state index contributed by atoms with van der Waals surface area (Å²) in [4.78, 5) is 11.1. The molecule has 4 heteroatoms. The van der Waals surface area contributed by atoms with Gasteiger partial charge in [0.2, 0.25) is 5.91 Å². The van der Waals surface area contributed by atoms with Crippen LogP contribution in [-0.2, 0) is 17.6 Å². The highest BCUT2D eigenvalue weighted by atomic mass is 16.3. The third kappa shape index (κ3) is 9.61. The van der Waals surface area contributed by atoms with Crippen LogP contribution in [0.5, 0.6) is 0 Å². The van der Waals surface area contributed by atoms with E-state index in [1.165, 1.54) is 56.6 Å². The minimum atomic E-state index is -0.739. The van der Waals surface area contributed by atoms with Gasteiger partial charge in [-0.3, -0.25) is 4.79 Å². The molecule has 0 fully saturated rings. The van der Waals surface area contributed by atoms with Gasteiger partial charge in [0.1, 0.15) is 0 Å². The normalized spacial score (nSPS) is 13.4. The molecule has 0 aliphatic carbocycles. The van der Waals surface area contributed by atoms with Crippen LogP contribution in [0.3, 0.4) is 0 Å². The Hall–Kier alpha value is -1.39. The van der Waals surface area contributed by atoms with Gasteiger partial charge in [-0.2, -0.15) is 0 Å². The van der Waals surface area contributed by atoms with Gasteiger partial charge >= 0.3 is 0 Å². The summed E-state index contributed by atoms with van der Waals surface area (Å²) >= 11 is 0. The molecule has 1 aromatic carbocycles. The average molecular weight is 350 g/mol. The van der Waals surface area contributed by atoms with Gasteiger partial charge in [0.25, 0.3) is 0 Å². The number of rotatable bonds is 13. The van der Waals surface area contributed by atoms with Gasteiger partial charge in [0, 0.05) is 6.92 Å². The topological polar surface area (TPSA) is 69.6 Å². The molecule has 142 valence electrons. The van der Waals surface area contributed by atoms with Crippen LogP contribution in [-0.4, -0.2) is 34.9 Å². The molecule has 1 rings (SSSR count). The van der Waals surface area contributed by atoms with Crippen molar-refractivity contribution in [3.05, 3.63) is 35.4 Å². The molecule has 0 spiro atoms. The highest BCUT2D eigenvalue weighted by molar-refractivity contribution is 5.73. The van der Waals surface area contributed by atoms with Gasteiger partial charge in [-0.05, 0) is 36.8 Å². The molecule has 0 aromatic heterocycles. The number of nitrogens with one attached hydrogen (secondary N) is 1. The lowest BCUT2D eigenvalue weighted by molar-refractivity contribution is -0.121. The number of benzene rings is 1. The lowest BCUT2D eigenvalue weighted by atomic mass is 9.99. The molecule has 2 atom stereocenters. The lowest BCUT2D eigenvalue weighted by Gasteiger charge is -2.21. The SMILES string of the molecule is CCCCCCCCc1ccc(CCC(O)C(CO)NC(C)=O)cc1. The number of aliphatic hydroxyl groups is 2. The summed E-state index contributed by atoms with van der Waals surface area (Å²) in [5.41, 5.74) is 2.54. The van der Waals surface area contributed by atoms with Gasteiger partial charge in [-0.25, -0.2) is 0 Å². The van der Waals surface area contributed by atoms with Gasteiger partial charge in [0.15, 0.2) is 0 Å². The third-order valence-corrected chi connectivity index (χ3v) is 4.62. The first-order valence-corrected chi connectivity index (χ1v) is 9.70. The summed E-state index contributed by atoms with van der Waals surface area (Å²) in [7, 11) is 0. The van der Waals surface area contributed by atoms with E-state index >= 15 is 0 Å². The van der Waals surface area contributed by atoms with Crippen molar-refractivity contribution in [2.24, 2.45) is 0 Å². The van der Waals surface area contributed by atoms with Crippen LogP contribution in [0, 0.1) is 0 Å². The van der Waals surface area contributed by atoms with E-state index in [1.54, 1.807) is 0 Å². The van der Waals surface area contributed by atoms with Crippen LogP contribution in [0.15, 0.2) is 24.3 Å². The van der Waals surface area contributed by atoms with E-state index in [4.69, 9.17) is 0 Å². The van der Waals surface area contributed by atoms with Gasteiger partial charge in [-0.1, -0.05) is 63.3 Å². The summed E-state index contributed by atoms with van der Waals surface area (Å²) in [5, 5.41) is 21.9. The van der Waals surface area contributed by atoms with Crippen molar-refractivity contribution >= 4 is 5.91 Å². The van der Waals surface area contributed by atoms with Crippen molar-refractivity contribution in [1.29, 1.82) is 0 Å². The maximum absolute atomic E-state index is 11.1. The number of aliphatic hydroxyl groups excluding tert-OH is 2. The first-order valence-electron chi connectivity index (χ1n) is 9.70. The zero-order valence-corrected chi connectivity index (χ0v) is 15.8. The minimum absolute atomic E-state index is 0.239. The van der Waals surface area contributed by atoms with E-state index in [9.17, 15) is 15.0 Å². The first-order chi connectivity index (χ1) is 12.1. The molecule has 0 saturated carbocycles. The lowest BCUT2D eigenvalue weighted by Crippen LogP contribution is -2.45. The Morgan fingerprint density at radius 1 is 1.00 bits per heavy atom. The third-order valence-electron chi connectivity index (χ3n) is 4.62. The van der Waals surface area contributed by atoms with Crippen LogP contribution >= 0.6 is 0 Å². The Labute approximate surface area is 152 Å². The van der Waals surface area contributed by atoms with E-state index in [0.717, 1.165) is 12.8 Å². The van der Waals surface area contributed by atoms with Gasteiger partial charge in [0.05, 0.1) is 18.8 Å². The second kappa shape index (κ2) is 12.9. The number of hydrogen-bond acceptors (Lipinski definition) is 3. The Balaban J connectivity index is 2.30. The molecule has 0 aliphatic heterocycles. The molecule has 1 aromatic rings. The van der Waals surface area contributed by atoms with Crippen LogP contribution in [0.1, 0.15) is 69.9 Å². The van der Waals surface area contributed by atoms with Crippen molar-refractivity contribution in [3.63, 3.8) is 0 Å². The van der Waals surface area contributed by atoms with Crippen molar-refractivity contribution < 1.29 is 15.0 Å². The summed E-state index contributed by atoms with van der Waals surface area (Å²) in [6, 6.07) is 7.98. The molecule has 1 amide bonds. The second-order valence-electron chi connectivity index (χ2n) is 6.93. The molecule has 0 saturated heterocycles. The summed E-state index contributed by atoms with van der Waals surface area (Å²) in [6.45, 7) is 3.38. The zero-order chi connectivity index (χ0) is 18.5. The fourth-order valence-electron chi connectivity index (χ4n) is 3.02. The molecule has 25 heavy (non-hydrogen) atoms. The zero-order valence-electron chi connectivity index (χ0n) is 15.8. The Morgan fingerprint density at radius 2 is 1.56 bits per heavy atom. The van der Waals surface area contributed by atoms with E-state index in [2.05, 4.69) is 36.5 Å². The fourth-order valence-corrected chi connectivity index (χ4v) is 3.02.